The second-order valence-electron chi connectivity index (χ2n) is 16.1. The van der Waals surface area contributed by atoms with Gasteiger partial charge in [0.2, 0.25) is 0 Å². The average molecular weight is 753 g/mol. The standard InChI is InChI=1S/C57H40N2/c1-4-14-38(15-5-1)32-44-33-43-16-10-11-21-47(43)50-34-39(24-28-48(44)50)41-26-30-56-52(36-41)53-37-42(27-31-57(53)59(56)46-19-8-3-9-20-46)40-25-29-55-51(35-40)49-22-12-13-23-54(49)58(55)45-17-6-2-7-18-45/h1-31,34-37,44H,32-33H2. The first-order chi connectivity index (χ1) is 29.2. The lowest BCUT2D eigenvalue weighted by Gasteiger charge is -2.28. The zero-order valence-electron chi connectivity index (χ0n) is 32.6. The minimum atomic E-state index is 0.440. The maximum Gasteiger partial charge on any atom is 0.0541 e. The van der Waals surface area contributed by atoms with Crippen LogP contribution in [0.25, 0.3) is 88.4 Å². The van der Waals surface area contributed by atoms with Crippen molar-refractivity contribution in [2.75, 3.05) is 0 Å². The van der Waals surface area contributed by atoms with Gasteiger partial charge in [0.25, 0.3) is 0 Å². The molecular weight excluding hydrogens is 713 g/mol. The van der Waals surface area contributed by atoms with Gasteiger partial charge in [-0.25, -0.2) is 0 Å². The average Bonchev–Trinajstić information content (AvgIpc) is 3.81. The van der Waals surface area contributed by atoms with Gasteiger partial charge in [-0.05, 0) is 142 Å². The zero-order chi connectivity index (χ0) is 38.9. The second kappa shape index (κ2) is 13.6. The predicted molar refractivity (Wildman–Crippen MR) is 248 cm³/mol. The van der Waals surface area contributed by atoms with E-state index < -0.39 is 0 Å². The summed E-state index contributed by atoms with van der Waals surface area (Å²) < 4.78 is 4.81. The fourth-order valence-corrected chi connectivity index (χ4v) is 9.99. The van der Waals surface area contributed by atoms with Crippen molar-refractivity contribution < 1.29 is 0 Å². The molecule has 2 heterocycles. The monoisotopic (exact) mass is 752 g/mol. The van der Waals surface area contributed by atoms with Gasteiger partial charge in [0.15, 0.2) is 0 Å². The number of rotatable bonds is 6. The molecule has 11 aromatic rings. The molecule has 2 nitrogen and oxygen atoms in total. The molecule has 2 aromatic heterocycles. The quantitative estimate of drug-likeness (QED) is 0.160. The lowest BCUT2D eigenvalue weighted by atomic mass is 9.75. The van der Waals surface area contributed by atoms with Crippen molar-refractivity contribution in [3.63, 3.8) is 0 Å². The zero-order valence-corrected chi connectivity index (χ0v) is 32.6. The number of aromatic nitrogens is 2. The smallest absolute Gasteiger partial charge is 0.0541 e. The van der Waals surface area contributed by atoms with Gasteiger partial charge in [-0.1, -0.05) is 140 Å². The lowest BCUT2D eigenvalue weighted by Crippen LogP contribution is -2.13. The number of para-hydroxylation sites is 3. The molecule has 0 saturated carbocycles. The van der Waals surface area contributed by atoms with E-state index in [0.717, 1.165) is 18.5 Å². The van der Waals surface area contributed by atoms with Crippen LogP contribution in [0.5, 0.6) is 0 Å². The topological polar surface area (TPSA) is 9.86 Å². The normalized spacial score (nSPS) is 13.6. The Labute approximate surface area is 343 Å². The van der Waals surface area contributed by atoms with Crippen molar-refractivity contribution in [2.24, 2.45) is 0 Å². The van der Waals surface area contributed by atoms with Gasteiger partial charge in [-0.2, -0.15) is 0 Å². The number of fused-ring (bicyclic) bond motifs is 9. The molecule has 59 heavy (non-hydrogen) atoms. The van der Waals surface area contributed by atoms with E-state index in [4.69, 9.17) is 0 Å². The van der Waals surface area contributed by atoms with E-state index in [0.29, 0.717) is 5.92 Å². The number of hydrogen-bond acceptors (Lipinski definition) is 0. The fourth-order valence-electron chi connectivity index (χ4n) is 9.99. The molecule has 0 bridgehead atoms. The van der Waals surface area contributed by atoms with Crippen LogP contribution in [0.1, 0.15) is 22.6 Å². The predicted octanol–water partition coefficient (Wildman–Crippen LogP) is 14.8. The van der Waals surface area contributed by atoms with Crippen molar-refractivity contribution in [2.45, 2.75) is 18.8 Å². The van der Waals surface area contributed by atoms with Crippen LogP contribution in [-0.2, 0) is 12.8 Å². The highest BCUT2D eigenvalue weighted by Gasteiger charge is 2.25. The van der Waals surface area contributed by atoms with Crippen LogP contribution in [-0.4, -0.2) is 9.13 Å². The molecular formula is C57H40N2. The van der Waals surface area contributed by atoms with E-state index in [1.807, 2.05) is 0 Å². The summed E-state index contributed by atoms with van der Waals surface area (Å²) in [6.07, 6.45) is 2.10. The highest BCUT2D eigenvalue weighted by molar-refractivity contribution is 6.13. The Hall–Kier alpha value is -7.42. The van der Waals surface area contributed by atoms with E-state index >= 15 is 0 Å². The van der Waals surface area contributed by atoms with Crippen molar-refractivity contribution in [3.8, 4) is 44.8 Å². The molecule has 0 radical (unpaired) electrons. The molecule has 9 aromatic carbocycles. The van der Waals surface area contributed by atoms with E-state index in [1.165, 1.54) is 99.4 Å². The maximum absolute atomic E-state index is 2.45. The van der Waals surface area contributed by atoms with Crippen LogP contribution in [0, 0.1) is 0 Å². The fraction of sp³-hybridized carbons (Fsp3) is 0.0526. The van der Waals surface area contributed by atoms with Gasteiger partial charge in [-0.3, -0.25) is 0 Å². The Bertz CT molecular complexity index is 3370. The summed E-state index contributed by atoms with van der Waals surface area (Å²) in [7, 11) is 0. The Morgan fingerprint density at radius 2 is 0.814 bits per heavy atom. The first-order valence-corrected chi connectivity index (χ1v) is 20.7. The third kappa shape index (κ3) is 5.56. The molecule has 0 fully saturated rings. The number of nitrogens with zero attached hydrogens (tertiary/aromatic N) is 2. The maximum atomic E-state index is 2.45. The van der Waals surface area contributed by atoms with E-state index in [-0.39, 0.29) is 0 Å². The van der Waals surface area contributed by atoms with Crippen LogP contribution >= 0.6 is 0 Å². The van der Waals surface area contributed by atoms with Crippen molar-refractivity contribution >= 4 is 43.6 Å². The highest BCUT2D eigenvalue weighted by Crippen LogP contribution is 2.44. The summed E-state index contributed by atoms with van der Waals surface area (Å²) >= 11 is 0. The van der Waals surface area contributed by atoms with Gasteiger partial charge >= 0.3 is 0 Å². The van der Waals surface area contributed by atoms with Gasteiger partial charge < -0.3 is 9.13 Å². The molecule has 0 N–H and O–H groups in total. The van der Waals surface area contributed by atoms with Crippen LogP contribution in [0.4, 0.5) is 0 Å². The Balaban J connectivity index is 1.02. The van der Waals surface area contributed by atoms with E-state index in [2.05, 4.69) is 221 Å². The van der Waals surface area contributed by atoms with Crippen LogP contribution in [0.2, 0.25) is 0 Å². The van der Waals surface area contributed by atoms with E-state index in [1.54, 1.807) is 0 Å². The Kier molecular flexibility index (Phi) is 7.77. The number of benzene rings is 9. The summed E-state index contributed by atoms with van der Waals surface area (Å²) in [5.74, 6) is 0.440. The first kappa shape index (κ1) is 33.7. The summed E-state index contributed by atoms with van der Waals surface area (Å²) in [6.45, 7) is 0. The second-order valence-corrected chi connectivity index (χ2v) is 16.1. The highest BCUT2D eigenvalue weighted by atomic mass is 15.0. The molecule has 1 unspecified atom stereocenters. The van der Waals surface area contributed by atoms with Crippen molar-refractivity contribution in [1.82, 2.24) is 9.13 Å². The molecule has 1 aliphatic rings. The molecule has 0 amide bonds. The molecule has 1 atom stereocenters. The van der Waals surface area contributed by atoms with E-state index in [9.17, 15) is 0 Å². The molecule has 0 spiro atoms. The summed E-state index contributed by atoms with van der Waals surface area (Å²) in [5, 5.41) is 5.03. The summed E-state index contributed by atoms with van der Waals surface area (Å²) in [5.41, 5.74) is 19.1. The summed E-state index contributed by atoms with van der Waals surface area (Å²) in [4.78, 5) is 0. The van der Waals surface area contributed by atoms with Crippen LogP contribution in [0.15, 0.2) is 212 Å². The molecule has 278 valence electrons. The third-order valence-electron chi connectivity index (χ3n) is 12.7. The summed E-state index contributed by atoms with van der Waals surface area (Å²) in [6, 6.07) is 78.5. The van der Waals surface area contributed by atoms with Gasteiger partial charge in [0, 0.05) is 32.9 Å². The molecule has 1 aliphatic carbocycles. The van der Waals surface area contributed by atoms with Gasteiger partial charge in [0.1, 0.15) is 0 Å². The number of hydrogen-bond donors (Lipinski definition) is 0. The molecule has 12 rings (SSSR count). The molecule has 2 heteroatoms. The largest absolute Gasteiger partial charge is 0.309 e. The van der Waals surface area contributed by atoms with Gasteiger partial charge in [-0.15, -0.1) is 0 Å². The van der Waals surface area contributed by atoms with Crippen LogP contribution < -0.4 is 0 Å². The lowest BCUT2D eigenvalue weighted by molar-refractivity contribution is 0.673. The SMILES string of the molecule is c1ccc(CC2Cc3ccccc3-c3cc(-c4ccc5c(c4)c4cc(-c6ccc7c(c6)c6ccccc6n7-c6ccccc6)ccc4n5-c4ccccc4)ccc32)cc1. The minimum absolute atomic E-state index is 0.440. The van der Waals surface area contributed by atoms with Crippen molar-refractivity contribution in [3.05, 3.63) is 229 Å². The van der Waals surface area contributed by atoms with Gasteiger partial charge in [0.05, 0.1) is 22.1 Å². The molecule has 0 saturated heterocycles. The Morgan fingerprint density at radius 1 is 0.356 bits per heavy atom. The van der Waals surface area contributed by atoms with Crippen molar-refractivity contribution in [1.29, 1.82) is 0 Å². The minimum Gasteiger partial charge on any atom is -0.309 e. The first-order valence-electron chi connectivity index (χ1n) is 20.7. The Morgan fingerprint density at radius 3 is 1.42 bits per heavy atom. The molecule has 0 aliphatic heterocycles. The van der Waals surface area contributed by atoms with Crippen LogP contribution in [0.3, 0.4) is 0 Å². The third-order valence-corrected chi connectivity index (χ3v) is 12.7.